The molecule has 0 radical (unpaired) electrons. The van der Waals surface area contributed by atoms with Crippen molar-refractivity contribution in [2.24, 2.45) is 0 Å². The summed E-state index contributed by atoms with van der Waals surface area (Å²) in [6.45, 7) is 2.36. The minimum atomic E-state index is 0.00563. The Balaban J connectivity index is 1.45. The zero-order chi connectivity index (χ0) is 15.4. The number of aryl methyl sites for hydroxylation is 1. The second kappa shape index (κ2) is 7.86. The van der Waals surface area contributed by atoms with Crippen LogP contribution in [0.25, 0.3) is 11.0 Å². The minimum absolute atomic E-state index is 0.00563. The topological polar surface area (TPSA) is 49.2 Å². The molecule has 5 nitrogen and oxygen atoms in total. The fourth-order valence-electron chi connectivity index (χ4n) is 2.49. The van der Waals surface area contributed by atoms with Gasteiger partial charge in [0, 0.05) is 22.2 Å². The lowest BCUT2D eigenvalue weighted by Gasteiger charge is -2.22. The van der Waals surface area contributed by atoms with E-state index < -0.39 is 0 Å². The van der Waals surface area contributed by atoms with Crippen LogP contribution >= 0.6 is 31.9 Å². The number of aromatic nitrogens is 3. The van der Waals surface area contributed by atoms with E-state index in [1.807, 2.05) is 12.1 Å². The van der Waals surface area contributed by atoms with E-state index in [1.165, 1.54) is 6.42 Å². The quantitative estimate of drug-likeness (QED) is 0.639. The van der Waals surface area contributed by atoms with Gasteiger partial charge in [0.25, 0.3) is 0 Å². The SMILES string of the molecule is Brc1ccc(Br)c2nn(CCCCOC3CCCCO3)nc12. The number of halogens is 2. The monoisotopic (exact) mass is 431 g/mol. The molecule has 1 aromatic carbocycles. The third-order valence-electron chi connectivity index (χ3n) is 3.68. The van der Waals surface area contributed by atoms with Crippen molar-refractivity contribution in [3.05, 3.63) is 21.1 Å². The molecule has 1 fully saturated rings. The number of fused-ring (bicyclic) bond motifs is 1. The van der Waals surface area contributed by atoms with Gasteiger partial charge in [-0.3, -0.25) is 0 Å². The van der Waals surface area contributed by atoms with Crippen molar-refractivity contribution < 1.29 is 9.47 Å². The number of hydrogen-bond acceptors (Lipinski definition) is 4. The van der Waals surface area contributed by atoms with E-state index in [0.717, 1.165) is 65.4 Å². The standard InChI is InChI=1S/C15H19Br2N3O2/c16-11-6-7-12(17)15-14(11)18-20(19-15)8-2-4-10-22-13-5-1-3-9-21-13/h6-7,13H,1-5,8-10H2. The third-order valence-corrected chi connectivity index (χ3v) is 4.96. The van der Waals surface area contributed by atoms with E-state index in [2.05, 4.69) is 42.1 Å². The van der Waals surface area contributed by atoms with Gasteiger partial charge in [-0.2, -0.15) is 15.0 Å². The average molecular weight is 433 g/mol. The lowest BCUT2D eigenvalue weighted by molar-refractivity contribution is -0.162. The predicted octanol–water partition coefficient (Wildman–Crippen LogP) is 4.28. The number of benzene rings is 1. The van der Waals surface area contributed by atoms with E-state index in [1.54, 1.807) is 4.80 Å². The summed E-state index contributed by atoms with van der Waals surface area (Å²) < 4.78 is 13.2. The summed E-state index contributed by atoms with van der Waals surface area (Å²) in [4.78, 5) is 1.76. The van der Waals surface area contributed by atoms with Gasteiger partial charge in [0.15, 0.2) is 6.29 Å². The molecule has 7 heteroatoms. The van der Waals surface area contributed by atoms with E-state index in [9.17, 15) is 0 Å². The largest absolute Gasteiger partial charge is 0.353 e. The first-order valence-electron chi connectivity index (χ1n) is 7.66. The van der Waals surface area contributed by atoms with Gasteiger partial charge in [-0.15, -0.1) is 0 Å². The molecule has 1 aliphatic heterocycles. The van der Waals surface area contributed by atoms with Crippen LogP contribution in [0.4, 0.5) is 0 Å². The van der Waals surface area contributed by atoms with Crippen molar-refractivity contribution in [1.29, 1.82) is 0 Å². The molecule has 0 saturated carbocycles. The van der Waals surface area contributed by atoms with Crippen molar-refractivity contribution in [2.45, 2.75) is 44.9 Å². The smallest absolute Gasteiger partial charge is 0.157 e. The molecule has 1 atom stereocenters. The Morgan fingerprint density at radius 3 is 2.50 bits per heavy atom. The number of unbranched alkanes of at least 4 members (excludes halogenated alkanes) is 1. The molecule has 0 amide bonds. The summed E-state index contributed by atoms with van der Waals surface area (Å²) in [5, 5.41) is 9.05. The minimum Gasteiger partial charge on any atom is -0.353 e. The summed E-state index contributed by atoms with van der Waals surface area (Å²) in [7, 11) is 0. The molecular weight excluding hydrogens is 414 g/mol. The second-order valence-corrected chi connectivity index (χ2v) is 7.11. The summed E-state index contributed by atoms with van der Waals surface area (Å²) in [5.74, 6) is 0. The van der Waals surface area contributed by atoms with Gasteiger partial charge in [0.2, 0.25) is 0 Å². The fourth-order valence-corrected chi connectivity index (χ4v) is 3.29. The number of ether oxygens (including phenoxy) is 2. The van der Waals surface area contributed by atoms with Gasteiger partial charge in [0.1, 0.15) is 11.0 Å². The molecule has 1 aliphatic rings. The predicted molar refractivity (Wildman–Crippen MR) is 91.7 cm³/mol. The zero-order valence-corrected chi connectivity index (χ0v) is 15.5. The van der Waals surface area contributed by atoms with Crippen LogP contribution in [-0.4, -0.2) is 34.5 Å². The van der Waals surface area contributed by atoms with Gasteiger partial charge < -0.3 is 9.47 Å². The Bertz CT molecular complexity index is 588. The molecule has 1 aromatic heterocycles. The molecule has 2 heterocycles. The van der Waals surface area contributed by atoms with Crippen molar-refractivity contribution >= 4 is 42.9 Å². The van der Waals surface area contributed by atoms with Crippen molar-refractivity contribution in [3.8, 4) is 0 Å². The van der Waals surface area contributed by atoms with Crippen LogP contribution in [0.3, 0.4) is 0 Å². The summed E-state index contributed by atoms with van der Waals surface area (Å²) in [6.07, 6.45) is 5.37. The van der Waals surface area contributed by atoms with Gasteiger partial charge in [-0.25, -0.2) is 0 Å². The van der Waals surface area contributed by atoms with Gasteiger partial charge >= 0.3 is 0 Å². The first-order valence-corrected chi connectivity index (χ1v) is 9.25. The number of nitrogens with zero attached hydrogens (tertiary/aromatic N) is 3. The lowest BCUT2D eigenvalue weighted by atomic mass is 10.2. The van der Waals surface area contributed by atoms with E-state index >= 15 is 0 Å². The van der Waals surface area contributed by atoms with Gasteiger partial charge in [-0.1, -0.05) is 0 Å². The maximum absolute atomic E-state index is 5.73. The molecule has 1 unspecified atom stereocenters. The third kappa shape index (κ3) is 4.07. The Labute approximate surface area is 146 Å². The molecule has 0 aliphatic carbocycles. The Hall–Kier alpha value is -0.500. The normalized spacial score (nSPS) is 18.9. The molecule has 0 N–H and O–H groups in total. The molecule has 22 heavy (non-hydrogen) atoms. The highest BCUT2D eigenvalue weighted by atomic mass is 79.9. The average Bonchev–Trinajstić information content (AvgIpc) is 2.97. The maximum Gasteiger partial charge on any atom is 0.157 e. The van der Waals surface area contributed by atoms with E-state index in [-0.39, 0.29) is 6.29 Å². The summed E-state index contributed by atoms with van der Waals surface area (Å²) in [5.41, 5.74) is 1.78. The van der Waals surface area contributed by atoms with Gasteiger partial charge in [0.05, 0.1) is 6.54 Å². The zero-order valence-electron chi connectivity index (χ0n) is 12.3. The highest BCUT2D eigenvalue weighted by Gasteiger charge is 2.13. The van der Waals surface area contributed by atoms with Crippen LogP contribution in [0.15, 0.2) is 21.1 Å². The van der Waals surface area contributed by atoms with Crippen molar-refractivity contribution in [2.75, 3.05) is 13.2 Å². The summed E-state index contributed by atoms with van der Waals surface area (Å²) in [6, 6.07) is 3.95. The number of hydrogen-bond donors (Lipinski definition) is 0. The van der Waals surface area contributed by atoms with Crippen LogP contribution < -0.4 is 0 Å². The first kappa shape index (κ1) is 16.4. The van der Waals surface area contributed by atoms with E-state index in [0.29, 0.717) is 0 Å². The molecule has 120 valence electrons. The van der Waals surface area contributed by atoms with Crippen LogP contribution in [-0.2, 0) is 16.0 Å². The highest BCUT2D eigenvalue weighted by molar-refractivity contribution is 9.11. The van der Waals surface area contributed by atoms with Crippen LogP contribution in [0.1, 0.15) is 32.1 Å². The molecule has 0 bridgehead atoms. The fraction of sp³-hybridized carbons (Fsp3) is 0.600. The van der Waals surface area contributed by atoms with Crippen LogP contribution in [0.2, 0.25) is 0 Å². The van der Waals surface area contributed by atoms with E-state index in [4.69, 9.17) is 9.47 Å². The molecule has 2 aromatic rings. The Kier molecular flexibility index (Phi) is 5.84. The Morgan fingerprint density at radius 1 is 1.14 bits per heavy atom. The highest BCUT2D eigenvalue weighted by Crippen LogP contribution is 2.27. The molecule has 1 saturated heterocycles. The van der Waals surface area contributed by atoms with Gasteiger partial charge in [-0.05, 0) is 76.1 Å². The molecule has 0 spiro atoms. The maximum atomic E-state index is 5.73. The van der Waals surface area contributed by atoms with Crippen LogP contribution in [0, 0.1) is 0 Å². The Morgan fingerprint density at radius 2 is 1.86 bits per heavy atom. The molecule has 3 rings (SSSR count). The summed E-state index contributed by atoms with van der Waals surface area (Å²) >= 11 is 7.02. The van der Waals surface area contributed by atoms with Crippen LogP contribution in [0.5, 0.6) is 0 Å². The second-order valence-electron chi connectivity index (χ2n) is 5.40. The molecular formula is C15H19Br2N3O2. The lowest BCUT2D eigenvalue weighted by Crippen LogP contribution is -2.22. The number of rotatable bonds is 6. The van der Waals surface area contributed by atoms with Crippen molar-refractivity contribution in [3.63, 3.8) is 0 Å². The van der Waals surface area contributed by atoms with Crippen molar-refractivity contribution in [1.82, 2.24) is 15.0 Å². The first-order chi connectivity index (χ1) is 10.7.